The number of fused-ring (bicyclic) bond motifs is 1. The molecule has 0 aliphatic carbocycles. The molecule has 0 saturated heterocycles. The molecule has 1 atom stereocenters. The van der Waals surface area contributed by atoms with Crippen molar-refractivity contribution in [3.8, 4) is 5.75 Å². The van der Waals surface area contributed by atoms with Crippen LogP contribution in [0.5, 0.6) is 5.75 Å². The van der Waals surface area contributed by atoms with Gasteiger partial charge in [0.15, 0.2) is 0 Å². The number of amides is 2. The van der Waals surface area contributed by atoms with E-state index < -0.39 is 0 Å². The number of hydrogen-bond acceptors (Lipinski definition) is 5. The van der Waals surface area contributed by atoms with Gasteiger partial charge in [0.25, 0.3) is 0 Å². The van der Waals surface area contributed by atoms with E-state index in [0.717, 1.165) is 17.7 Å². The maximum Gasteiger partial charge on any atom is 0.242 e. The van der Waals surface area contributed by atoms with Gasteiger partial charge >= 0.3 is 0 Å². The van der Waals surface area contributed by atoms with Crippen molar-refractivity contribution in [1.29, 1.82) is 0 Å². The first-order valence-electron chi connectivity index (χ1n) is 11.3. The van der Waals surface area contributed by atoms with Gasteiger partial charge in [0.05, 0.1) is 18.8 Å². The number of nitrogens with zero attached hydrogens (tertiary/aromatic N) is 2. The van der Waals surface area contributed by atoms with Crippen molar-refractivity contribution in [2.75, 3.05) is 19.7 Å². The minimum atomic E-state index is -0.210. The molecule has 1 aliphatic rings. The van der Waals surface area contributed by atoms with E-state index in [9.17, 15) is 9.59 Å². The van der Waals surface area contributed by atoms with E-state index in [-0.39, 0.29) is 36.9 Å². The number of thiophene rings is 1. The number of rotatable bonds is 8. The van der Waals surface area contributed by atoms with E-state index in [4.69, 9.17) is 9.15 Å². The number of carbonyl (C=O) groups excluding carboxylic acids is 2. The summed E-state index contributed by atoms with van der Waals surface area (Å²) in [6.45, 7) is 7.00. The molecule has 0 radical (unpaired) electrons. The lowest BCUT2D eigenvalue weighted by Crippen LogP contribution is -2.48. The van der Waals surface area contributed by atoms with Gasteiger partial charge in [-0.2, -0.15) is 0 Å². The molecule has 4 rings (SSSR count). The van der Waals surface area contributed by atoms with E-state index in [2.05, 4.69) is 11.4 Å². The third kappa shape index (κ3) is 5.47. The summed E-state index contributed by atoms with van der Waals surface area (Å²) in [4.78, 5) is 31.1. The van der Waals surface area contributed by atoms with Crippen LogP contribution in [0.2, 0.25) is 0 Å². The van der Waals surface area contributed by atoms with Crippen LogP contribution in [0.1, 0.15) is 41.7 Å². The number of carbonyl (C=O) groups is 2. The fraction of sp³-hybridized carbons (Fsp3) is 0.385. The van der Waals surface area contributed by atoms with E-state index in [1.54, 1.807) is 28.6 Å². The number of aryl methyl sites for hydroxylation is 1. The molecule has 174 valence electrons. The van der Waals surface area contributed by atoms with Crippen LogP contribution < -0.4 is 4.74 Å². The second kappa shape index (κ2) is 10.3. The summed E-state index contributed by atoms with van der Waals surface area (Å²) in [5, 5.41) is 2.07. The normalized spacial score (nSPS) is 15.4. The molecule has 1 aliphatic heterocycles. The van der Waals surface area contributed by atoms with E-state index in [0.29, 0.717) is 18.9 Å². The van der Waals surface area contributed by atoms with Crippen LogP contribution in [-0.2, 0) is 22.6 Å². The van der Waals surface area contributed by atoms with Crippen LogP contribution in [0.25, 0.3) is 0 Å². The molecule has 0 fully saturated rings. The molecule has 3 aromatic rings. The summed E-state index contributed by atoms with van der Waals surface area (Å²) in [5.74, 6) is 1.09. The van der Waals surface area contributed by atoms with Crippen LogP contribution in [0.3, 0.4) is 0 Å². The molecule has 0 bridgehead atoms. The largest absolute Gasteiger partial charge is 0.491 e. The second-order valence-electron chi connectivity index (χ2n) is 8.70. The Morgan fingerprint density at radius 2 is 2.00 bits per heavy atom. The molecular weight excluding hydrogens is 436 g/mol. The Morgan fingerprint density at radius 3 is 2.70 bits per heavy atom. The van der Waals surface area contributed by atoms with Crippen molar-refractivity contribution >= 4 is 23.2 Å². The van der Waals surface area contributed by atoms with Gasteiger partial charge in [-0.3, -0.25) is 9.59 Å². The lowest BCUT2D eigenvalue weighted by molar-refractivity contribution is -0.145. The maximum absolute atomic E-state index is 13.5. The molecular formula is C26H30N2O4S. The van der Waals surface area contributed by atoms with Crippen LogP contribution in [0, 0.1) is 12.8 Å². The molecule has 7 heteroatoms. The van der Waals surface area contributed by atoms with Gasteiger partial charge in [-0.15, -0.1) is 11.3 Å². The quantitative estimate of drug-likeness (QED) is 0.477. The summed E-state index contributed by atoms with van der Waals surface area (Å²) in [6.07, 6.45) is 2.40. The zero-order valence-electron chi connectivity index (χ0n) is 19.3. The fourth-order valence-corrected chi connectivity index (χ4v) is 5.03. The van der Waals surface area contributed by atoms with Gasteiger partial charge in [-0.1, -0.05) is 31.5 Å². The SMILES string of the molecule is Cc1ccc(OC[C@@H]2c3ccsc3CCN2C(=O)CN(Cc2ccco2)C(=O)C(C)C)cc1. The van der Waals surface area contributed by atoms with Gasteiger partial charge in [0.2, 0.25) is 11.8 Å². The first-order valence-corrected chi connectivity index (χ1v) is 12.2. The summed E-state index contributed by atoms with van der Waals surface area (Å²) in [6, 6.07) is 13.4. The fourth-order valence-electron chi connectivity index (χ4n) is 4.11. The van der Waals surface area contributed by atoms with Gasteiger partial charge in [-0.25, -0.2) is 0 Å². The maximum atomic E-state index is 13.5. The Bertz CT molecular complexity index is 1070. The smallest absolute Gasteiger partial charge is 0.242 e. The first-order chi connectivity index (χ1) is 15.9. The molecule has 6 nitrogen and oxygen atoms in total. The summed E-state index contributed by atoms with van der Waals surface area (Å²) < 4.78 is 11.5. The zero-order valence-corrected chi connectivity index (χ0v) is 20.1. The van der Waals surface area contributed by atoms with Crippen molar-refractivity contribution < 1.29 is 18.7 Å². The minimum Gasteiger partial charge on any atom is -0.491 e. The third-order valence-corrected chi connectivity index (χ3v) is 6.90. The highest BCUT2D eigenvalue weighted by atomic mass is 32.1. The zero-order chi connectivity index (χ0) is 23.4. The highest BCUT2D eigenvalue weighted by Crippen LogP contribution is 2.34. The van der Waals surface area contributed by atoms with Crippen molar-refractivity contribution in [1.82, 2.24) is 9.80 Å². The van der Waals surface area contributed by atoms with Crippen molar-refractivity contribution in [2.45, 2.75) is 39.8 Å². The second-order valence-corrected chi connectivity index (χ2v) is 9.71. The Morgan fingerprint density at radius 1 is 1.21 bits per heavy atom. The van der Waals surface area contributed by atoms with Gasteiger partial charge in [0, 0.05) is 17.3 Å². The third-order valence-electron chi connectivity index (χ3n) is 5.90. The van der Waals surface area contributed by atoms with Gasteiger partial charge in [-0.05, 0) is 54.6 Å². The average molecular weight is 467 g/mol. The van der Waals surface area contributed by atoms with Crippen LogP contribution in [-0.4, -0.2) is 41.3 Å². The Labute approximate surface area is 198 Å². The van der Waals surface area contributed by atoms with Crippen molar-refractivity contribution in [3.05, 3.63) is 75.9 Å². The minimum absolute atomic E-state index is 0.0121. The summed E-state index contributed by atoms with van der Waals surface area (Å²) in [7, 11) is 0. The molecule has 2 amide bonds. The average Bonchev–Trinajstić information content (AvgIpc) is 3.49. The van der Waals surface area contributed by atoms with Crippen LogP contribution >= 0.6 is 11.3 Å². The Kier molecular flexibility index (Phi) is 7.18. The molecule has 33 heavy (non-hydrogen) atoms. The Balaban J connectivity index is 1.51. The van der Waals surface area contributed by atoms with Crippen molar-refractivity contribution in [3.63, 3.8) is 0 Å². The molecule has 0 N–H and O–H groups in total. The highest BCUT2D eigenvalue weighted by Gasteiger charge is 2.34. The monoisotopic (exact) mass is 466 g/mol. The van der Waals surface area contributed by atoms with E-state index in [1.807, 2.05) is 56.0 Å². The summed E-state index contributed by atoms with van der Waals surface area (Å²) in [5.41, 5.74) is 2.31. The number of benzene rings is 1. The van der Waals surface area contributed by atoms with Gasteiger partial charge in [0.1, 0.15) is 24.7 Å². The topological polar surface area (TPSA) is 63.0 Å². The van der Waals surface area contributed by atoms with Crippen LogP contribution in [0.4, 0.5) is 0 Å². The molecule has 0 saturated carbocycles. The lowest BCUT2D eigenvalue weighted by Gasteiger charge is -2.37. The number of hydrogen-bond donors (Lipinski definition) is 0. The number of furan rings is 1. The highest BCUT2D eigenvalue weighted by molar-refractivity contribution is 7.10. The number of ether oxygens (including phenoxy) is 1. The van der Waals surface area contributed by atoms with E-state index in [1.165, 1.54) is 10.4 Å². The van der Waals surface area contributed by atoms with E-state index >= 15 is 0 Å². The predicted octanol–water partition coefficient (Wildman–Crippen LogP) is 4.84. The van der Waals surface area contributed by atoms with Gasteiger partial charge < -0.3 is 19.0 Å². The molecule has 0 spiro atoms. The molecule has 3 heterocycles. The molecule has 2 aromatic heterocycles. The predicted molar refractivity (Wildman–Crippen MR) is 128 cm³/mol. The molecule has 0 unspecified atom stereocenters. The van der Waals surface area contributed by atoms with Crippen LogP contribution in [0.15, 0.2) is 58.5 Å². The lowest BCUT2D eigenvalue weighted by atomic mass is 10.00. The summed E-state index contributed by atoms with van der Waals surface area (Å²) >= 11 is 1.72. The van der Waals surface area contributed by atoms with Crippen molar-refractivity contribution in [2.24, 2.45) is 5.92 Å². The molecule has 1 aromatic carbocycles. The standard InChI is InChI=1S/C26H30N2O4S/c1-18(2)26(30)27(15-21-5-4-13-31-21)16-25(29)28-12-10-24-22(11-14-33-24)23(28)17-32-20-8-6-19(3)7-9-20/h4-9,11,13-14,18,23H,10,12,15-17H2,1-3H3/t23-/m1/s1. The Hall–Kier alpha value is -3.06. The first kappa shape index (κ1) is 23.1.